The maximum absolute atomic E-state index is 13.2. The Labute approximate surface area is 129 Å². The van der Waals surface area contributed by atoms with E-state index in [0.717, 1.165) is 10.6 Å². The minimum Gasteiger partial charge on any atom is -0.323 e. The average molecular weight is 301 g/mol. The molecule has 0 saturated heterocycles. The SMILES string of the molecule is NC(CSc1cccc(F)c1)c1ccccc1C1CCC1. The average Bonchev–Trinajstić information content (AvgIpc) is 2.44. The van der Waals surface area contributed by atoms with E-state index in [9.17, 15) is 4.39 Å². The first-order chi connectivity index (χ1) is 10.2. The normalized spacial score (nSPS) is 16.5. The van der Waals surface area contributed by atoms with Gasteiger partial charge in [-0.1, -0.05) is 36.8 Å². The first-order valence-corrected chi connectivity index (χ1v) is 8.45. The molecule has 0 aromatic heterocycles. The summed E-state index contributed by atoms with van der Waals surface area (Å²) in [5.74, 6) is 1.27. The van der Waals surface area contributed by atoms with Gasteiger partial charge in [0.15, 0.2) is 0 Å². The second kappa shape index (κ2) is 6.63. The molecule has 0 heterocycles. The van der Waals surface area contributed by atoms with Crippen LogP contribution >= 0.6 is 11.8 Å². The van der Waals surface area contributed by atoms with Crippen LogP contribution in [0.4, 0.5) is 4.39 Å². The molecular formula is C18H20FNS. The standard InChI is InChI=1S/C18H20FNS/c19-14-7-4-8-15(11-14)21-12-18(20)17-10-2-1-9-16(17)13-5-3-6-13/h1-2,4,7-11,13,18H,3,5-6,12,20H2. The van der Waals surface area contributed by atoms with Gasteiger partial charge in [-0.3, -0.25) is 0 Å². The molecule has 1 fully saturated rings. The first-order valence-electron chi connectivity index (χ1n) is 7.47. The number of hydrogen-bond acceptors (Lipinski definition) is 2. The van der Waals surface area contributed by atoms with Crippen molar-refractivity contribution < 1.29 is 4.39 Å². The maximum atomic E-state index is 13.2. The van der Waals surface area contributed by atoms with Crippen LogP contribution in [0.25, 0.3) is 0 Å². The van der Waals surface area contributed by atoms with Crippen LogP contribution in [0.2, 0.25) is 0 Å². The van der Waals surface area contributed by atoms with Gasteiger partial charge in [-0.15, -0.1) is 11.8 Å². The lowest BCUT2D eigenvalue weighted by Crippen LogP contribution is -2.19. The third-order valence-electron chi connectivity index (χ3n) is 4.17. The molecule has 1 nitrogen and oxygen atoms in total. The van der Waals surface area contributed by atoms with Crippen molar-refractivity contribution in [3.05, 3.63) is 65.5 Å². The highest BCUT2D eigenvalue weighted by molar-refractivity contribution is 7.99. The van der Waals surface area contributed by atoms with E-state index in [1.54, 1.807) is 23.9 Å². The minimum atomic E-state index is -0.191. The summed E-state index contributed by atoms with van der Waals surface area (Å²) >= 11 is 1.62. The zero-order chi connectivity index (χ0) is 14.7. The lowest BCUT2D eigenvalue weighted by atomic mass is 9.77. The highest BCUT2D eigenvalue weighted by Crippen LogP contribution is 2.39. The molecule has 0 aliphatic heterocycles. The summed E-state index contributed by atoms with van der Waals surface area (Å²) in [5.41, 5.74) is 9.05. The van der Waals surface area contributed by atoms with Crippen molar-refractivity contribution in [1.29, 1.82) is 0 Å². The number of nitrogens with two attached hydrogens (primary N) is 1. The molecule has 1 aliphatic carbocycles. The number of benzene rings is 2. The van der Waals surface area contributed by atoms with Gasteiger partial charge in [0.1, 0.15) is 5.82 Å². The van der Waals surface area contributed by atoms with Gasteiger partial charge in [0.05, 0.1) is 0 Å². The largest absolute Gasteiger partial charge is 0.323 e. The van der Waals surface area contributed by atoms with E-state index in [2.05, 4.69) is 24.3 Å². The fourth-order valence-electron chi connectivity index (χ4n) is 2.77. The Kier molecular flexibility index (Phi) is 4.61. The van der Waals surface area contributed by atoms with Crippen LogP contribution in [0.1, 0.15) is 42.3 Å². The van der Waals surface area contributed by atoms with E-state index in [1.165, 1.54) is 36.5 Å². The Morgan fingerprint density at radius 2 is 1.95 bits per heavy atom. The summed E-state index contributed by atoms with van der Waals surface area (Å²) in [4.78, 5) is 0.937. The fraction of sp³-hybridized carbons (Fsp3) is 0.333. The van der Waals surface area contributed by atoms with Gasteiger partial charge in [-0.2, -0.15) is 0 Å². The summed E-state index contributed by atoms with van der Waals surface area (Å²) in [5, 5.41) is 0. The van der Waals surface area contributed by atoms with Gasteiger partial charge in [-0.25, -0.2) is 4.39 Å². The molecule has 1 saturated carbocycles. The predicted molar refractivity (Wildman–Crippen MR) is 87.1 cm³/mol. The van der Waals surface area contributed by atoms with Gasteiger partial charge < -0.3 is 5.73 Å². The van der Waals surface area contributed by atoms with Crippen LogP contribution in [0, 0.1) is 5.82 Å². The van der Waals surface area contributed by atoms with Crippen LogP contribution in [-0.2, 0) is 0 Å². The predicted octanol–water partition coefficient (Wildman–Crippen LogP) is 4.89. The Hall–Kier alpha value is -1.32. The van der Waals surface area contributed by atoms with E-state index in [1.807, 2.05) is 6.07 Å². The summed E-state index contributed by atoms with van der Waals surface area (Å²) in [7, 11) is 0. The van der Waals surface area contributed by atoms with E-state index >= 15 is 0 Å². The molecule has 110 valence electrons. The van der Waals surface area contributed by atoms with Crippen molar-refractivity contribution in [3.63, 3.8) is 0 Å². The van der Waals surface area contributed by atoms with E-state index < -0.39 is 0 Å². The number of rotatable bonds is 5. The van der Waals surface area contributed by atoms with Gasteiger partial charge >= 0.3 is 0 Å². The Morgan fingerprint density at radius 1 is 1.14 bits per heavy atom. The third kappa shape index (κ3) is 3.47. The van der Waals surface area contributed by atoms with Gasteiger partial charge in [0, 0.05) is 16.7 Å². The highest BCUT2D eigenvalue weighted by atomic mass is 32.2. The van der Waals surface area contributed by atoms with Crippen LogP contribution in [-0.4, -0.2) is 5.75 Å². The molecule has 21 heavy (non-hydrogen) atoms. The molecular weight excluding hydrogens is 281 g/mol. The molecule has 2 aromatic carbocycles. The molecule has 0 radical (unpaired) electrons. The number of halogens is 1. The summed E-state index contributed by atoms with van der Waals surface area (Å²) < 4.78 is 13.2. The molecule has 2 aromatic rings. The number of thioether (sulfide) groups is 1. The Balaban J connectivity index is 1.69. The topological polar surface area (TPSA) is 26.0 Å². The summed E-state index contributed by atoms with van der Waals surface area (Å²) in [6.45, 7) is 0. The second-order valence-electron chi connectivity index (χ2n) is 5.63. The van der Waals surface area contributed by atoms with Crippen molar-refractivity contribution >= 4 is 11.8 Å². The van der Waals surface area contributed by atoms with Gasteiger partial charge in [0.2, 0.25) is 0 Å². The highest BCUT2D eigenvalue weighted by Gasteiger charge is 2.23. The lowest BCUT2D eigenvalue weighted by Gasteiger charge is -2.29. The Bertz CT molecular complexity index is 610. The molecule has 0 amide bonds. The van der Waals surface area contributed by atoms with Crippen LogP contribution < -0.4 is 5.73 Å². The van der Waals surface area contributed by atoms with Crippen molar-refractivity contribution in [2.45, 2.75) is 36.1 Å². The summed E-state index contributed by atoms with van der Waals surface area (Å²) in [6, 6.07) is 15.2. The molecule has 1 atom stereocenters. The van der Waals surface area contributed by atoms with Crippen molar-refractivity contribution in [2.24, 2.45) is 5.73 Å². The van der Waals surface area contributed by atoms with Crippen LogP contribution in [0.3, 0.4) is 0 Å². The van der Waals surface area contributed by atoms with Crippen LogP contribution in [0.5, 0.6) is 0 Å². The molecule has 0 bridgehead atoms. The molecule has 0 spiro atoms. The fourth-order valence-corrected chi connectivity index (χ4v) is 3.69. The first kappa shape index (κ1) is 14.6. The van der Waals surface area contributed by atoms with Crippen LogP contribution in [0.15, 0.2) is 53.4 Å². The van der Waals surface area contributed by atoms with Crippen molar-refractivity contribution in [3.8, 4) is 0 Å². The maximum Gasteiger partial charge on any atom is 0.124 e. The second-order valence-corrected chi connectivity index (χ2v) is 6.73. The molecule has 3 heteroatoms. The summed E-state index contributed by atoms with van der Waals surface area (Å²) in [6.07, 6.45) is 3.88. The molecule has 1 unspecified atom stereocenters. The van der Waals surface area contributed by atoms with Gasteiger partial charge in [-0.05, 0) is 48.1 Å². The lowest BCUT2D eigenvalue weighted by molar-refractivity contribution is 0.416. The smallest absolute Gasteiger partial charge is 0.124 e. The molecule has 3 rings (SSSR count). The van der Waals surface area contributed by atoms with Gasteiger partial charge in [0.25, 0.3) is 0 Å². The zero-order valence-corrected chi connectivity index (χ0v) is 12.8. The Morgan fingerprint density at radius 3 is 2.67 bits per heavy atom. The zero-order valence-electron chi connectivity index (χ0n) is 12.0. The third-order valence-corrected chi connectivity index (χ3v) is 5.28. The molecule has 2 N–H and O–H groups in total. The monoisotopic (exact) mass is 301 g/mol. The quantitative estimate of drug-likeness (QED) is 0.796. The van der Waals surface area contributed by atoms with Crippen molar-refractivity contribution in [2.75, 3.05) is 5.75 Å². The number of hydrogen-bond donors (Lipinski definition) is 1. The molecule has 1 aliphatic rings. The van der Waals surface area contributed by atoms with E-state index in [-0.39, 0.29) is 11.9 Å². The minimum absolute atomic E-state index is 0.00457. The van der Waals surface area contributed by atoms with E-state index in [0.29, 0.717) is 5.92 Å². The van der Waals surface area contributed by atoms with E-state index in [4.69, 9.17) is 5.73 Å². The van der Waals surface area contributed by atoms with Crippen molar-refractivity contribution in [1.82, 2.24) is 0 Å².